The predicted octanol–water partition coefficient (Wildman–Crippen LogP) is 4.18. The van der Waals surface area contributed by atoms with Crippen LogP contribution in [0.3, 0.4) is 0 Å². The van der Waals surface area contributed by atoms with Gasteiger partial charge in [0.05, 0.1) is 15.4 Å². The van der Waals surface area contributed by atoms with Gasteiger partial charge in [0.2, 0.25) is 0 Å². The van der Waals surface area contributed by atoms with Gasteiger partial charge in [-0.05, 0) is 34.7 Å². The minimum absolute atomic E-state index is 0.00275. The van der Waals surface area contributed by atoms with Crippen molar-refractivity contribution in [1.29, 1.82) is 0 Å². The summed E-state index contributed by atoms with van der Waals surface area (Å²) in [5.74, 6) is 0.00275. The molecule has 0 spiro atoms. The summed E-state index contributed by atoms with van der Waals surface area (Å²) in [5.41, 5.74) is 0.604. The maximum absolute atomic E-state index is 11.3. The molecule has 0 saturated carbocycles. The van der Waals surface area contributed by atoms with E-state index in [1.165, 1.54) is 0 Å². The number of benzene rings is 1. The lowest BCUT2D eigenvalue weighted by Gasteiger charge is -2.03. The average Bonchev–Trinajstić information content (AvgIpc) is 2.10. The zero-order chi connectivity index (χ0) is 10.0. The molecule has 0 fully saturated rings. The number of hydrogen-bond acceptors (Lipinski definition) is 1. The summed E-state index contributed by atoms with van der Waals surface area (Å²) in [5, 5.41) is 1.17. The second-order valence-electron chi connectivity index (χ2n) is 2.30. The molecule has 0 unspecified atom stereocenters. The SMILES string of the molecule is O=C(CBr)c1cc(Cl)c(Cl)cc1I. The average molecular weight is 394 g/mol. The monoisotopic (exact) mass is 392 g/mol. The van der Waals surface area contributed by atoms with Crippen molar-refractivity contribution in [3.05, 3.63) is 31.3 Å². The molecule has 0 atom stereocenters. The van der Waals surface area contributed by atoms with Gasteiger partial charge in [0.15, 0.2) is 5.78 Å². The van der Waals surface area contributed by atoms with Crippen LogP contribution in [0.1, 0.15) is 10.4 Å². The number of ketones is 1. The van der Waals surface area contributed by atoms with E-state index in [1.807, 2.05) is 0 Å². The van der Waals surface area contributed by atoms with Gasteiger partial charge < -0.3 is 0 Å². The zero-order valence-electron chi connectivity index (χ0n) is 6.28. The molecule has 0 aliphatic rings. The largest absolute Gasteiger partial charge is 0.293 e. The van der Waals surface area contributed by atoms with Crippen LogP contribution in [0.2, 0.25) is 10.0 Å². The molecule has 0 aliphatic heterocycles. The third-order valence-electron chi connectivity index (χ3n) is 1.43. The Labute approximate surface area is 108 Å². The summed E-state index contributed by atoms with van der Waals surface area (Å²) in [4.78, 5) is 11.3. The first-order valence-corrected chi connectivity index (χ1v) is 6.25. The third kappa shape index (κ3) is 2.81. The lowest BCUT2D eigenvalue weighted by Crippen LogP contribution is -2.02. The summed E-state index contributed by atoms with van der Waals surface area (Å²) in [6, 6.07) is 3.27. The fourth-order valence-electron chi connectivity index (χ4n) is 0.808. The maximum Gasteiger partial charge on any atom is 0.174 e. The van der Waals surface area contributed by atoms with Crippen molar-refractivity contribution in [2.75, 3.05) is 5.33 Å². The molecule has 13 heavy (non-hydrogen) atoms. The molecule has 70 valence electrons. The Bertz CT molecular complexity index is 354. The molecule has 0 heterocycles. The van der Waals surface area contributed by atoms with E-state index in [4.69, 9.17) is 23.2 Å². The lowest BCUT2D eigenvalue weighted by molar-refractivity contribution is 0.102. The van der Waals surface area contributed by atoms with Crippen LogP contribution in [0, 0.1) is 3.57 Å². The van der Waals surface area contributed by atoms with Crippen LogP contribution in [0.25, 0.3) is 0 Å². The number of halogens is 4. The first-order chi connectivity index (χ1) is 6.06. The number of hydrogen-bond donors (Lipinski definition) is 0. The van der Waals surface area contributed by atoms with Gasteiger partial charge in [0, 0.05) is 9.13 Å². The van der Waals surface area contributed by atoms with Gasteiger partial charge in [0.1, 0.15) is 0 Å². The smallest absolute Gasteiger partial charge is 0.174 e. The van der Waals surface area contributed by atoms with Gasteiger partial charge in [-0.1, -0.05) is 39.1 Å². The van der Waals surface area contributed by atoms with Crippen molar-refractivity contribution in [1.82, 2.24) is 0 Å². The summed E-state index contributed by atoms with van der Waals surface area (Å²) in [6.45, 7) is 0. The Kier molecular flexibility index (Phi) is 4.48. The predicted molar refractivity (Wildman–Crippen MR) is 67.3 cm³/mol. The highest BCUT2D eigenvalue weighted by atomic mass is 127. The summed E-state index contributed by atoms with van der Waals surface area (Å²) in [6.07, 6.45) is 0. The highest BCUT2D eigenvalue weighted by Gasteiger charge is 2.11. The van der Waals surface area contributed by atoms with Crippen LogP contribution in [0.15, 0.2) is 12.1 Å². The summed E-state index contributed by atoms with van der Waals surface area (Å²) < 4.78 is 0.816. The standard InChI is InChI=1S/C8H4BrCl2IO/c9-3-8(13)4-1-5(10)6(11)2-7(4)12/h1-2H,3H2. The third-order valence-corrected chi connectivity index (χ3v) is 3.56. The number of rotatable bonds is 2. The van der Waals surface area contributed by atoms with Gasteiger partial charge in [-0.3, -0.25) is 4.79 Å². The fraction of sp³-hybridized carbons (Fsp3) is 0.125. The number of carbonyl (C=O) groups is 1. The second kappa shape index (κ2) is 4.96. The summed E-state index contributed by atoms with van der Waals surface area (Å²) in [7, 11) is 0. The van der Waals surface area contributed by atoms with E-state index < -0.39 is 0 Å². The van der Waals surface area contributed by atoms with Gasteiger partial charge in [-0.25, -0.2) is 0 Å². The van der Waals surface area contributed by atoms with E-state index in [2.05, 4.69) is 38.5 Å². The highest BCUT2D eigenvalue weighted by Crippen LogP contribution is 2.27. The number of alkyl halides is 1. The van der Waals surface area contributed by atoms with Crippen LogP contribution in [-0.2, 0) is 0 Å². The van der Waals surface area contributed by atoms with Gasteiger partial charge >= 0.3 is 0 Å². The summed E-state index contributed by atoms with van der Waals surface area (Å²) >= 11 is 16.7. The van der Waals surface area contributed by atoms with Crippen molar-refractivity contribution < 1.29 is 4.79 Å². The fourth-order valence-corrected chi connectivity index (χ4v) is 2.39. The minimum atomic E-state index is 0.00275. The lowest BCUT2D eigenvalue weighted by atomic mass is 10.1. The van der Waals surface area contributed by atoms with Crippen molar-refractivity contribution in [2.45, 2.75) is 0 Å². The molecule has 1 rings (SSSR count). The molecule has 0 N–H and O–H groups in total. The van der Waals surface area contributed by atoms with Crippen molar-refractivity contribution in [3.8, 4) is 0 Å². The number of carbonyl (C=O) groups excluding carboxylic acids is 1. The molecular formula is C8H4BrCl2IO. The molecule has 0 radical (unpaired) electrons. The zero-order valence-corrected chi connectivity index (χ0v) is 11.5. The second-order valence-corrected chi connectivity index (χ2v) is 4.84. The normalized spacial score (nSPS) is 10.2. The Morgan fingerprint density at radius 3 is 2.46 bits per heavy atom. The Balaban J connectivity index is 3.23. The Hall–Kier alpha value is 0.680. The number of Topliss-reactive ketones (excluding diaryl/α,β-unsaturated/α-hetero) is 1. The highest BCUT2D eigenvalue weighted by molar-refractivity contribution is 14.1. The molecule has 1 aromatic carbocycles. The molecule has 0 bridgehead atoms. The Morgan fingerprint density at radius 2 is 1.92 bits per heavy atom. The first-order valence-electron chi connectivity index (χ1n) is 3.30. The van der Waals surface area contributed by atoms with E-state index in [0.29, 0.717) is 20.9 Å². The molecule has 1 nitrogen and oxygen atoms in total. The molecule has 5 heteroatoms. The van der Waals surface area contributed by atoms with Crippen LogP contribution in [0.4, 0.5) is 0 Å². The molecule has 0 aromatic heterocycles. The van der Waals surface area contributed by atoms with E-state index in [0.717, 1.165) is 3.57 Å². The Morgan fingerprint density at radius 1 is 1.38 bits per heavy atom. The van der Waals surface area contributed by atoms with Crippen LogP contribution in [0.5, 0.6) is 0 Å². The first kappa shape index (κ1) is 11.8. The van der Waals surface area contributed by atoms with Gasteiger partial charge in [-0.15, -0.1) is 0 Å². The molecule has 1 aromatic rings. The van der Waals surface area contributed by atoms with E-state index in [-0.39, 0.29) is 5.78 Å². The minimum Gasteiger partial charge on any atom is -0.293 e. The van der Waals surface area contributed by atoms with Crippen LogP contribution in [-0.4, -0.2) is 11.1 Å². The van der Waals surface area contributed by atoms with Crippen LogP contribution >= 0.6 is 61.7 Å². The molecule has 0 aliphatic carbocycles. The van der Waals surface area contributed by atoms with Crippen molar-refractivity contribution in [3.63, 3.8) is 0 Å². The van der Waals surface area contributed by atoms with Gasteiger partial charge in [0.25, 0.3) is 0 Å². The van der Waals surface area contributed by atoms with E-state index >= 15 is 0 Å². The van der Waals surface area contributed by atoms with Crippen LogP contribution < -0.4 is 0 Å². The molecule has 0 amide bonds. The molecule has 0 saturated heterocycles. The molecular weight excluding hydrogens is 390 g/mol. The maximum atomic E-state index is 11.3. The quantitative estimate of drug-likeness (QED) is 0.319. The van der Waals surface area contributed by atoms with Gasteiger partial charge in [-0.2, -0.15) is 0 Å². The topological polar surface area (TPSA) is 17.1 Å². The van der Waals surface area contributed by atoms with E-state index in [1.54, 1.807) is 12.1 Å². The van der Waals surface area contributed by atoms with E-state index in [9.17, 15) is 4.79 Å². The van der Waals surface area contributed by atoms with Crippen molar-refractivity contribution >= 4 is 67.5 Å². The van der Waals surface area contributed by atoms with Crippen molar-refractivity contribution in [2.24, 2.45) is 0 Å².